The molecule has 116 valence electrons. The topological polar surface area (TPSA) is 61.8 Å². The van der Waals surface area contributed by atoms with Gasteiger partial charge in [0.1, 0.15) is 12.2 Å². The lowest BCUT2D eigenvalue weighted by Gasteiger charge is -2.07. The molecule has 0 saturated carbocycles. The summed E-state index contributed by atoms with van der Waals surface area (Å²) in [6.45, 7) is 4.23. The van der Waals surface area contributed by atoms with Crippen LogP contribution in [-0.4, -0.2) is 37.4 Å². The number of carbonyl (C=O) groups excluding carboxylic acids is 2. The zero-order chi connectivity index (χ0) is 15.1. The number of hydrogen-bond acceptors (Lipinski definition) is 5. The van der Waals surface area contributed by atoms with Crippen LogP contribution in [0.25, 0.3) is 0 Å². The van der Waals surface area contributed by atoms with Crippen molar-refractivity contribution in [2.75, 3.05) is 13.2 Å². The minimum Gasteiger partial charge on any atom is -1.00 e. The van der Waals surface area contributed by atoms with E-state index in [9.17, 15) is 9.59 Å². The van der Waals surface area contributed by atoms with Gasteiger partial charge < -0.3 is 38.2 Å². The van der Waals surface area contributed by atoms with E-state index in [2.05, 4.69) is 27.1 Å². The molecule has 7 heteroatoms. The fourth-order valence-electron chi connectivity index (χ4n) is 1.64. The second-order valence-corrected chi connectivity index (χ2v) is 4.56. The van der Waals surface area contributed by atoms with Crippen LogP contribution in [-0.2, 0) is 23.8 Å². The van der Waals surface area contributed by atoms with E-state index in [1.54, 1.807) is 19.8 Å². The average molecular weight is 470 g/mol. The summed E-state index contributed by atoms with van der Waals surface area (Å²) in [5.41, 5.74) is 0.606. The van der Waals surface area contributed by atoms with Crippen LogP contribution in [0.2, 0.25) is 0 Å². The van der Waals surface area contributed by atoms with Crippen molar-refractivity contribution in [1.82, 2.24) is 0 Å². The fraction of sp³-hybridized carbons (Fsp3) is 0.429. The van der Waals surface area contributed by atoms with Gasteiger partial charge in [0, 0.05) is 10.4 Å². The molecule has 2 bridgehead atoms. The van der Waals surface area contributed by atoms with E-state index in [4.69, 9.17) is 9.47 Å². The molecule has 0 N–H and O–H groups in total. The number of terminal acetylenes is 1. The quantitative estimate of drug-likeness (QED) is 0.169. The van der Waals surface area contributed by atoms with Crippen molar-refractivity contribution in [2.45, 2.75) is 26.1 Å². The molecule has 2 atom stereocenters. The van der Waals surface area contributed by atoms with Crippen LogP contribution in [0.5, 0.6) is 0 Å². The van der Waals surface area contributed by atoms with E-state index >= 15 is 0 Å². The predicted molar refractivity (Wildman–Crippen MR) is 75.9 cm³/mol. The molecular weight excluding hydrogens is 455 g/mol. The Morgan fingerprint density at radius 2 is 1.86 bits per heavy atom. The molecule has 0 saturated heterocycles. The van der Waals surface area contributed by atoms with E-state index in [0.717, 1.165) is 4.48 Å². The summed E-state index contributed by atoms with van der Waals surface area (Å²) in [6.07, 6.45) is 8.15. The fourth-order valence-corrected chi connectivity index (χ4v) is 2.29. The Hall–Kier alpha value is -0.850. The van der Waals surface area contributed by atoms with Crippen LogP contribution in [0.4, 0.5) is 0 Å². The molecule has 5 nitrogen and oxygen atoms in total. The van der Waals surface area contributed by atoms with Crippen molar-refractivity contribution in [2.24, 2.45) is 0 Å². The first kappa shape index (κ1) is 20.1. The lowest BCUT2D eigenvalue weighted by Crippen LogP contribution is -3.00. The first-order valence-corrected chi connectivity index (χ1v) is 6.88. The maximum absolute atomic E-state index is 11.4. The summed E-state index contributed by atoms with van der Waals surface area (Å²) in [5.74, 6) is 0.924. The van der Waals surface area contributed by atoms with Crippen LogP contribution in [0.1, 0.15) is 13.8 Å². The third-order valence-electron chi connectivity index (χ3n) is 2.43. The lowest BCUT2D eigenvalue weighted by molar-refractivity contribution is -0.139. The van der Waals surface area contributed by atoms with E-state index in [1.807, 2.05) is 12.2 Å². The Morgan fingerprint density at radius 3 is 2.24 bits per heavy atom. The molecule has 2 aliphatic rings. The van der Waals surface area contributed by atoms with E-state index in [1.165, 1.54) is 0 Å². The Kier molecular flexibility index (Phi) is 9.57. The molecule has 0 amide bonds. The Morgan fingerprint density at radius 1 is 1.29 bits per heavy atom. The SMILES string of the molecule is C#CC(=O)OCC.CCOC(=O)C1=C(Br)C2C=CC1O2.[I-]. The smallest absolute Gasteiger partial charge is 0.384 e. The standard InChI is InChI=1S/C9H9BrO3.C5H6O2.HI/c1-2-12-9(11)7-5-3-4-6(13-5)8(7)10;1-3-5(6)7-4-2;/h3-6H,2H2,1H3;1H,4H2,2H3;1H/p-1. The van der Waals surface area contributed by atoms with Crippen molar-refractivity contribution in [3.05, 3.63) is 22.2 Å². The molecule has 0 aromatic rings. The highest BCUT2D eigenvalue weighted by molar-refractivity contribution is 9.11. The summed E-state index contributed by atoms with van der Waals surface area (Å²) >= 11 is 3.33. The first-order valence-electron chi connectivity index (χ1n) is 6.08. The lowest BCUT2D eigenvalue weighted by atomic mass is 10.1. The van der Waals surface area contributed by atoms with Crippen LogP contribution in [0.3, 0.4) is 0 Å². The minimum atomic E-state index is -0.595. The van der Waals surface area contributed by atoms with Gasteiger partial charge in [0.15, 0.2) is 0 Å². The number of esters is 2. The van der Waals surface area contributed by atoms with Gasteiger partial charge in [-0.15, -0.1) is 6.42 Å². The largest absolute Gasteiger partial charge is 1.00 e. The zero-order valence-electron chi connectivity index (χ0n) is 11.6. The highest BCUT2D eigenvalue weighted by Crippen LogP contribution is 2.38. The van der Waals surface area contributed by atoms with Gasteiger partial charge in [0.2, 0.25) is 0 Å². The van der Waals surface area contributed by atoms with Gasteiger partial charge in [-0.1, -0.05) is 28.1 Å². The van der Waals surface area contributed by atoms with Crippen LogP contribution < -0.4 is 24.0 Å². The van der Waals surface area contributed by atoms with E-state index in [-0.39, 0.29) is 42.2 Å². The van der Waals surface area contributed by atoms with Crippen molar-refractivity contribution < 1.29 is 47.8 Å². The molecule has 2 rings (SSSR count). The van der Waals surface area contributed by atoms with Gasteiger partial charge in [-0.2, -0.15) is 0 Å². The van der Waals surface area contributed by atoms with Gasteiger partial charge >= 0.3 is 11.9 Å². The molecule has 0 spiro atoms. The molecule has 2 unspecified atom stereocenters. The van der Waals surface area contributed by atoms with Crippen molar-refractivity contribution >= 4 is 27.9 Å². The van der Waals surface area contributed by atoms with Gasteiger partial charge in [-0.3, -0.25) is 0 Å². The third kappa shape index (κ3) is 5.45. The molecule has 0 fully saturated rings. The van der Waals surface area contributed by atoms with Crippen molar-refractivity contribution in [1.29, 1.82) is 0 Å². The van der Waals surface area contributed by atoms with E-state index in [0.29, 0.717) is 18.8 Å². The molecule has 0 radical (unpaired) electrons. The normalized spacial score (nSPS) is 20.9. The molecule has 2 heterocycles. The summed E-state index contributed by atoms with van der Waals surface area (Å²) in [4.78, 5) is 21.4. The van der Waals surface area contributed by atoms with Crippen molar-refractivity contribution in [3.8, 4) is 12.3 Å². The number of ether oxygens (including phenoxy) is 3. The van der Waals surface area contributed by atoms with E-state index < -0.39 is 5.97 Å². The first-order chi connectivity index (χ1) is 9.54. The average Bonchev–Trinajstić information content (AvgIpc) is 3.00. The number of hydrogen-bond donors (Lipinski definition) is 0. The van der Waals surface area contributed by atoms with Gasteiger partial charge in [-0.05, 0) is 13.8 Å². The third-order valence-corrected chi connectivity index (χ3v) is 3.31. The highest BCUT2D eigenvalue weighted by atomic mass is 127. The number of carbonyl (C=O) groups is 2. The maximum atomic E-state index is 11.4. The number of rotatable bonds is 3. The molecule has 0 aromatic heterocycles. The summed E-state index contributed by atoms with van der Waals surface area (Å²) in [7, 11) is 0. The maximum Gasteiger partial charge on any atom is 0.384 e. The second-order valence-electron chi connectivity index (χ2n) is 3.71. The summed E-state index contributed by atoms with van der Waals surface area (Å²) in [6, 6.07) is 0. The molecule has 0 aliphatic carbocycles. The molecule has 21 heavy (non-hydrogen) atoms. The van der Waals surface area contributed by atoms with Gasteiger partial charge in [-0.25, -0.2) is 9.59 Å². The number of halogens is 2. The molecule has 0 aromatic carbocycles. The molecular formula is C14H15BrIO5-. The van der Waals surface area contributed by atoms with Crippen LogP contribution in [0.15, 0.2) is 22.2 Å². The second kappa shape index (κ2) is 9.97. The zero-order valence-corrected chi connectivity index (χ0v) is 15.3. The highest BCUT2D eigenvalue weighted by Gasteiger charge is 2.39. The summed E-state index contributed by atoms with van der Waals surface area (Å²) < 4.78 is 15.5. The van der Waals surface area contributed by atoms with Gasteiger partial charge in [0.05, 0.1) is 18.8 Å². The number of fused-ring (bicyclic) bond motifs is 2. The predicted octanol–water partition coefficient (Wildman–Crippen LogP) is -1.28. The minimum absolute atomic E-state index is 0. The Labute approximate surface area is 149 Å². The molecule has 2 aliphatic heterocycles. The monoisotopic (exact) mass is 469 g/mol. The van der Waals surface area contributed by atoms with Gasteiger partial charge in [0.25, 0.3) is 0 Å². The van der Waals surface area contributed by atoms with Crippen LogP contribution >= 0.6 is 15.9 Å². The Bertz CT molecular complexity index is 492. The Balaban J connectivity index is 0.000000436. The van der Waals surface area contributed by atoms with Crippen molar-refractivity contribution in [3.63, 3.8) is 0 Å². The van der Waals surface area contributed by atoms with Crippen LogP contribution in [0, 0.1) is 12.3 Å². The summed E-state index contributed by atoms with van der Waals surface area (Å²) in [5, 5.41) is 0.